The number of hydrogen-bond acceptors (Lipinski definition) is 2. The number of carboxylic acid groups (broad SMARTS) is 1. The molecule has 2 rings (SSSR count). The Balaban J connectivity index is 2.10. The molecule has 4 nitrogen and oxygen atoms in total. The molecule has 0 bridgehead atoms. The molecular weight excluding hydrogens is 289 g/mol. The Morgan fingerprint density at radius 3 is 2.53 bits per heavy atom. The molecule has 1 aliphatic carbocycles. The molecule has 19 heavy (non-hydrogen) atoms. The van der Waals surface area contributed by atoms with E-state index < -0.39 is 17.8 Å². The molecule has 102 valence electrons. The van der Waals surface area contributed by atoms with Crippen LogP contribution in [-0.4, -0.2) is 17.0 Å². The van der Waals surface area contributed by atoms with E-state index in [0.717, 1.165) is 6.42 Å². The predicted octanol–water partition coefficient (Wildman–Crippen LogP) is 3.43. The van der Waals surface area contributed by atoms with Crippen molar-refractivity contribution in [3.63, 3.8) is 0 Å². The Morgan fingerprint density at radius 1 is 1.21 bits per heavy atom. The third kappa shape index (κ3) is 3.19. The molecule has 6 heteroatoms. The molecule has 1 aromatic rings. The lowest BCUT2D eigenvalue weighted by Gasteiger charge is -2.16. The van der Waals surface area contributed by atoms with Crippen LogP contribution in [0.1, 0.15) is 19.3 Å². The number of hydrogen-bond donors (Lipinski definition) is 2. The second-order valence-corrected chi connectivity index (χ2v) is 5.44. The van der Waals surface area contributed by atoms with E-state index in [-0.39, 0.29) is 5.91 Å². The molecule has 0 heterocycles. The van der Waals surface area contributed by atoms with Crippen molar-refractivity contribution in [1.29, 1.82) is 0 Å². The first-order valence-electron chi connectivity index (χ1n) is 5.98. The van der Waals surface area contributed by atoms with Gasteiger partial charge in [-0.3, -0.25) is 9.59 Å². The van der Waals surface area contributed by atoms with Gasteiger partial charge < -0.3 is 10.4 Å². The van der Waals surface area contributed by atoms with Gasteiger partial charge in [0.2, 0.25) is 5.91 Å². The van der Waals surface area contributed by atoms with Crippen LogP contribution in [0.3, 0.4) is 0 Å². The summed E-state index contributed by atoms with van der Waals surface area (Å²) in [4.78, 5) is 23.2. The molecule has 1 aromatic carbocycles. The van der Waals surface area contributed by atoms with Gasteiger partial charge in [-0.1, -0.05) is 29.6 Å². The summed E-state index contributed by atoms with van der Waals surface area (Å²) in [5, 5.41) is 12.6. The highest BCUT2D eigenvalue weighted by molar-refractivity contribution is 6.36. The fourth-order valence-corrected chi connectivity index (χ4v) is 2.84. The molecule has 0 saturated heterocycles. The maximum Gasteiger partial charge on any atom is 0.307 e. The molecule has 1 amide bonds. The standard InChI is InChI=1S/C13H13Cl2NO3/c14-7-4-5-11(10(15)6-7)16-12(17)8-2-1-3-9(8)13(18)19/h4-6,8-9H,1-3H2,(H,16,17)(H,18,19)/t8-,9+/m1/s1. The molecule has 1 aliphatic rings. The summed E-state index contributed by atoms with van der Waals surface area (Å²) in [6, 6.07) is 4.75. The highest BCUT2D eigenvalue weighted by Gasteiger charge is 2.37. The lowest BCUT2D eigenvalue weighted by Crippen LogP contribution is -2.30. The van der Waals surface area contributed by atoms with Crippen LogP contribution in [0.4, 0.5) is 5.69 Å². The van der Waals surface area contributed by atoms with Crippen molar-refractivity contribution >= 4 is 40.8 Å². The average Bonchev–Trinajstić information content (AvgIpc) is 2.82. The lowest BCUT2D eigenvalue weighted by molar-refractivity contribution is -0.145. The fourth-order valence-electron chi connectivity index (χ4n) is 2.39. The van der Waals surface area contributed by atoms with E-state index in [1.807, 2.05) is 0 Å². The molecule has 0 aliphatic heterocycles. The quantitative estimate of drug-likeness (QED) is 0.899. The number of benzene rings is 1. The van der Waals surface area contributed by atoms with Crippen LogP contribution in [0.2, 0.25) is 10.0 Å². The Labute approximate surface area is 120 Å². The molecular formula is C13H13Cl2NO3. The Morgan fingerprint density at radius 2 is 1.89 bits per heavy atom. The SMILES string of the molecule is O=C(O)[C@H]1CCC[C@H]1C(=O)Nc1ccc(Cl)cc1Cl. The zero-order valence-corrected chi connectivity index (χ0v) is 11.5. The zero-order valence-electron chi connectivity index (χ0n) is 10.0. The van der Waals surface area contributed by atoms with Gasteiger partial charge in [-0.05, 0) is 31.0 Å². The van der Waals surface area contributed by atoms with Crippen LogP contribution in [0.25, 0.3) is 0 Å². The highest BCUT2D eigenvalue weighted by atomic mass is 35.5. The summed E-state index contributed by atoms with van der Waals surface area (Å²) in [6.07, 6.45) is 1.89. The number of carbonyl (C=O) groups is 2. The van der Waals surface area contributed by atoms with Crippen molar-refractivity contribution in [3.05, 3.63) is 28.2 Å². The van der Waals surface area contributed by atoms with Gasteiger partial charge in [0.05, 0.1) is 22.5 Å². The Bertz CT molecular complexity index is 519. The molecule has 2 N–H and O–H groups in total. The third-order valence-electron chi connectivity index (χ3n) is 3.36. The first kappa shape index (κ1) is 14.2. The molecule has 0 aromatic heterocycles. The maximum atomic E-state index is 12.1. The lowest BCUT2D eigenvalue weighted by atomic mass is 9.95. The number of carbonyl (C=O) groups excluding carboxylic acids is 1. The predicted molar refractivity (Wildman–Crippen MR) is 73.6 cm³/mol. The van der Waals surface area contributed by atoms with E-state index in [9.17, 15) is 9.59 Å². The summed E-state index contributed by atoms with van der Waals surface area (Å²) >= 11 is 11.7. The first-order valence-corrected chi connectivity index (χ1v) is 6.73. The second-order valence-electron chi connectivity index (χ2n) is 4.60. The smallest absolute Gasteiger partial charge is 0.307 e. The molecule has 0 spiro atoms. The van der Waals surface area contributed by atoms with Crippen molar-refractivity contribution in [2.24, 2.45) is 11.8 Å². The van der Waals surface area contributed by atoms with Gasteiger partial charge in [0, 0.05) is 5.02 Å². The number of anilines is 1. The molecule has 0 radical (unpaired) electrons. The van der Waals surface area contributed by atoms with Gasteiger partial charge >= 0.3 is 5.97 Å². The van der Waals surface area contributed by atoms with Crippen molar-refractivity contribution in [1.82, 2.24) is 0 Å². The summed E-state index contributed by atoms with van der Waals surface area (Å²) in [7, 11) is 0. The summed E-state index contributed by atoms with van der Waals surface area (Å²) in [5.74, 6) is -2.32. The van der Waals surface area contributed by atoms with E-state index in [2.05, 4.69) is 5.32 Å². The normalized spacial score (nSPS) is 22.2. The molecule has 1 fully saturated rings. The van der Waals surface area contributed by atoms with Crippen LogP contribution in [0.15, 0.2) is 18.2 Å². The van der Waals surface area contributed by atoms with Crippen molar-refractivity contribution in [2.75, 3.05) is 5.32 Å². The van der Waals surface area contributed by atoms with Gasteiger partial charge in [-0.15, -0.1) is 0 Å². The van der Waals surface area contributed by atoms with Gasteiger partial charge in [0.25, 0.3) is 0 Å². The number of carboxylic acids is 1. The second kappa shape index (κ2) is 5.80. The van der Waals surface area contributed by atoms with Crippen molar-refractivity contribution in [3.8, 4) is 0 Å². The summed E-state index contributed by atoms with van der Waals surface area (Å²) in [5.41, 5.74) is 0.451. The zero-order chi connectivity index (χ0) is 14.0. The van der Waals surface area contributed by atoms with Crippen molar-refractivity contribution in [2.45, 2.75) is 19.3 Å². The molecule has 0 unspecified atom stereocenters. The van der Waals surface area contributed by atoms with Gasteiger partial charge in [0.1, 0.15) is 0 Å². The van der Waals surface area contributed by atoms with E-state index >= 15 is 0 Å². The van der Waals surface area contributed by atoms with E-state index in [1.165, 1.54) is 6.07 Å². The molecule has 2 atom stereocenters. The van der Waals surface area contributed by atoms with Crippen LogP contribution in [0.5, 0.6) is 0 Å². The summed E-state index contributed by atoms with van der Waals surface area (Å²) in [6.45, 7) is 0. The minimum atomic E-state index is -0.917. The van der Waals surface area contributed by atoms with Gasteiger partial charge in [-0.25, -0.2) is 0 Å². The van der Waals surface area contributed by atoms with Crippen LogP contribution in [-0.2, 0) is 9.59 Å². The first-order chi connectivity index (χ1) is 8.99. The van der Waals surface area contributed by atoms with Crippen LogP contribution in [0, 0.1) is 11.8 Å². The minimum Gasteiger partial charge on any atom is -0.481 e. The topological polar surface area (TPSA) is 66.4 Å². The van der Waals surface area contributed by atoms with E-state index in [1.54, 1.807) is 12.1 Å². The van der Waals surface area contributed by atoms with Crippen molar-refractivity contribution < 1.29 is 14.7 Å². The number of rotatable bonds is 3. The largest absolute Gasteiger partial charge is 0.481 e. The van der Waals surface area contributed by atoms with E-state index in [4.69, 9.17) is 28.3 Å². The third-order valence-corrected chi connectivity index (χ3v) is 3.91. The Hall–Kier alpha value is -1.26. The monoisotopic (exact) mass is 301 g/mol. The number of aliphatic carboxylic acids is 1. The van der Waals surface area contributed by atoms with Gasteiger partial charge in [0.15, 0.2) is 0 Å². The maximum absolute atomic E-state index is 12.1. The average molecular weight is 302 g/mol. The van der Waals surface area contributed by atoms with Crippen LogP contribution >= 0.6 is 23.2 Å². The van der Waals surface area contributed by atoms with Crippen LogP contribution < -0.4 is 5.32 Å². The number of amides is 1. The fraction of sp³-hybridized carbons (Fsp3) is 0.385. The highest BCUT2D eigenvalue weighted by Crippen LogP contribution is 2.34. The Kier molecular flexibility index (Phi) is 4.32. The van der Waals surface area contributed by atoms with E-state index in [0.29, 0.717) is 28.6 Å². The minimum absolute atomic E-state index is 0.297. The number of halogens is 2. The molecule has 1 saturated carbocycles. The summed E-state index contributed by atoms with van der Waals surface area (Å²) < 4.78 is 0. The number of nitrogens with one attached hydrogen (secondary N) is 1. The van der Waals surface area contributed by atoms with Gasteiger partial charge in [-0.2, -0.15) is 0 Å².